The van der Waals surface area contributed by atoms with E-state index in [0.29, 0.717) is 10.6 Å². The molecule has 2 N–H and O–H groups in total. The smallest absolute Gasteiger partial charge is 0.350 e. The van der Waals surface area contributed by atoms with Crippen molar-refractivity contribution < 1.29 is 9.53 Å². The summed E-state index contributed by atoms with van der Waals surface area (Å²) in [6.45, 7) is 5.58. The summed E-state index contributed by atoms with van der Waals surface area (Å²) in [5.74, 6) is -0.333. The number of carbonyl (C=O) groups is 1. The van der Waals surface area contributed by atoms with Crippen LogP contribution < -0.4 is 5.73 Å². The van der Waals surface area contributed by atoms with E-state index in [0.717, 1.165) is 4.88 Å². The third-order valence-electron chi connectivity index (χ3n) is 3.33. The van der Waals surface area contributed by atoms with Crippen molar-refractivity contribution in [2.45, 2.75) is 45.6 Å². The van der Waals surface area contributed by atoms with Crippen molar-refractivity contribution >= 4 is 34.3 Å². The summed E-state index contributed by atoms with van der Waals surface area (Å²) in [4.78, 5) is 16.4. The lowest BCUT2D eigenvalue weighted by Crippen LogP contribution is -2.23. The molecule has 3 rings (SSSR count). The molecule has 0 aliphatic heterocycles. The highest BCUT2D eigenvalue weighted by Gasteiger charge is 2.23. The standard InChI is InChI=1S/C16H19NO2S2/c1-16(2,3)19-15(18)14-10(17)8-13(21-14)12-7-9-5-4-6-11(9)20-12/h7-8H,4-6,17H2,1-3H3. The Morgan fingerprint density at radius 2 is 1.90 bits per heavy atom. The summed E-state index contributed by atoms with van der Waals surface area (Å²) in [7, 11) is 0. The Kier molecular flexibility index (Phi) is 3.58. The summed E-state index contributed by atoms with van der Waals surface area (Å²) in [6, 6.07) is 4.14. The Bertz CT molecular complexity index is 670. The molecule has 0 atom stereocenters. The van der Waals surface area contributed by atoms with Gasteiger partial charge in [0, 0.05) is 14.6 Å². The van der Waals surface area contributed by atoms with Gasteiger partial charge in [0.25, 0.3) is 0 Å². The van der Waals surface area contributed by atoms with E-state index in [4.69, 9.17) is 10.5 Å². The minimum atomic E-state index is -0.502. The number of aryl methyl sites for hydroxylation is 2. The van der Waals surface area contributed by atoms with Gasteiger partial charge < -0.3 is 10.5 Å². The summed E-state index contributed by atoms with van der Waals surface area (Å²) in [6.07, 6.45) is 3.61. The molecule has 1 aliphatic carbocycles. The Labute approximate surface area is 132 Å². The van der Waals surface area contributed by atoms with Gasteiger partial charge in [0.15, 0.2) is 0 Å². The van der Waals surface area contributed by atoms with Gasteiger partial charge in [0.05, 0.1) is 5.69 Å². The Hall–Kier alpha value is -1.33. The monoisotopic (exact) mass is 321 g/mol. The molecule has 0 saturated carbocycles. The number of nitrogens with two attached hydrogens (primary N) is 1. The second-order valence-electron chi connectivity index (χ2n) is 6.31. The third-order valence-corrected chi connectivity index (χ3v) is 5.90. The maximum atomic E-state index is 12.2. The van der Waals surface area contributed by atoms with E-state index in [1.807, 2.05) is 38.2 Å². The number of nitrogen functional groups attached to an aromatic ring is 1. The highest BCUT2D eigenvalue weighted by molar-refractivity contribution is 7.23. The zero-order valence-electron chi connectivity index (χ0n) is 12.5. The average Bonchev–Trinajstić information content (AvgIpc) is 2.98. The average molecular weight is 321 g/mol. The first-order valence-corrected chi connectivity index (χ1v) is 8.71. The van der Waals surface area contributed by atoms with E-state index >= 15 is 0 Å². The number of rotatable bonds is 2. The van der Waals surface area contributed by atoms with Gasteiger partial charge in [-0.3, -0.25) is 0 Å². The van der Waals surface area contributed by atoms with E-state index in [-0.39, 0.29) is 5.97 Å². The summed E-state index contributed by atoms with van der Waals surface area (Å²) in [5, 5.41) is 0. The van der Waals surface area contributed by atoms with Gasteiger partial charge in [0.2, 0.25) is 0 Å². The first-order chi connectivity index (χ1) is 9.83. The van der Waals surface area contributed by atoms with Crippen molar-refractivity contribution in [1.82, 2.24) is 0 Å². The minimum absolute atomic E-state index is 0.333. The van der Waals surface area contributed by atoms with E-state index in [1.54, 1.807) is 0 Å². The van der Waals surface area contributed by atoms with Crippen molar-refractivity contribution in [3.05, 3.63) is 27.5 Å². The van der Waals surface area contributed by atoms with Gasteiger partial charge >= 0.3 is 5.97 Å². The molecule has 1 aliphatic rings. The van der Waals surface area contributed by atoms with E-state index < -0.39 is 5.60 Å². The molecule has 0 unspecified atom stereocenters. The first-order valence-electron chi connectivity index (χ1n) is 7.08. The van der Waals surface area contributed by atoms with Crippen LogP contribution in [0.4, 0.5) is 5.69 Å². The fraction of sp³-hybridized carbons (Fsp3) is 0.438. The fourth-order valence-corrected chi connectivity index (χ4v) is 4.74. The SMILES string of the molecule is CC(C)(C)OC(=O)c1sc(-c2cc3c(s2)CCC3)cc1N. The second kappa shape index (κ2) is 5.14. The Morgan fingerprint density at radius 1 is 1.19 bits per heavy atom. The van der Waals surface area contributed by atoms with Crippen molar-refractivity contribution in [3.63, 3.8) is 0 Å². The number of carbonyl (C=O) groups excluding carboxylic acids is 1. The Morgan fingerprint density at radius 3 is 2.57 bits per heavy atom. The van der Waals surface area contributed by atoms with E-state index in [1.165, 1.54) is 45.9 Å². The van der Waals surface area contributed by atoms with Crippen LogP contribution in [0, 0.1) is 0 Å². The van der Waals surface area contributed by atoms with Crippen LogP contribution in [0.1, 0.15) is 47.3 Å². The van der Waals surface area contributed by atoms with Crippen LogP contribution >= 0.6 is 22.7 Å². The molecule has 2 aromatic heterocycles. The van der Waals surface area contributed by atoms with Crippen LogP contribution in [0.15, 0.2) is 12.1 Å². The van der Waals surface area contributed by atoms with Gasteiger partial charge in [-0.05, 0) is 57.7 Å². The van der Waals surface area contributed by atoms with Crippen molar-refractivity contribution in [2.24, 2.45) is 0 Å². The highest BCUT2D eigenvalue weighted by atomic mass is 32.1. The van der Waals surface area contributed by atoms with Crippen molar-refractivity contribution in [1.29, 1.82) is 0 Å². The van der Waals surface area contributed by atoms with E-state index in [9.17, 15) is 4.79 Å². The molecule has 2 heterocycles. The lowest BCUT2D eigenvalue weighted by atomic mass is 10.2. The van der Waals surface area contributed by atoms with Crippen LogP contribution in [-0.2, 0) is 17.6 Å². The number of hydrogen-bond donors (Lipinski definition) is 1. The Balaban J connectivity index is 1.88. The lowest BCUT2D eigenvalue weighted by Gasteiger charge is -2.18. The summed E-state index contributed by atoms with van der Waals surface area (Å²) in [5.41, 5.74) is 7.47. The third kappa shape index (κ3) is 2.99. The molecule has 0 bridgehead atoms. The zero-order chi connectivity index (χ0) is 15.2. The predicted octanol–water partition coefficient (Wildman–Crippen LogP) is 4.50. The second-order valence-corrected chi connectivity index (χ2v) is 8.50. The molecule has 3 nitrogen and oxygen atoms in total. The topological polar surface area (TPSA) is 52.3 Å². The maximum absolute atomic E-state index is 12.2. The zero-order valence-corrected chi connectivity index (χ0v) is 14.1. The maximum Gasteiger partial charge on any atom is 0.350 e. The van der Waals surface area contributed by atoms with Crippen LogP contribution in [0.25, 0.3) is 9.75 Å². The number of ether oxygens (including phenoxy) is 1. The molecular weight excluding hydrogens is 302 g/mol. The van der Waals surface area contributed by atoms with Crippen LogP contribution in [0.2, 0.25) is 0 Å². The number of fused-ring (bicyclic) bond motifs is 1. The molecule has 0 saturated heterocycles. The number of esters is 1. The molecule has 112 valence electrons. The van der Waals surface area contributed by atoms with E-state index in [2.05, 4.69) is 6.07 Å². The highest BCUT2D eigenvalue weighted by Crippen LogP contribution is 2.41. The minimum Gasteiger partial charge on any atom is -0.456 e. The largest absolute Gasteiger partial charge is 0.456 e. The van der Waals surface area contributed by atoms with Gasteiger partial charge in [-0.2, -0.15) is 0 Å². The fourth-order valence-electron chi connectivity index (χ4n) is 2.46. The molecule has 2 aromatic rings. The molecule has 5 heteroatoms. The van der Waals surface area contributed by atoms with Gasteiger partial charge in [-0.1, -0.05) is 0 Å². The first kappa shape index (κ1) is 14.6. The van der Waals surface area contributed by atoms with Crippen LogP contribution in [0.5, 0.6) is 0 Å². The van der Waals surface area contributed by atoms with Gasteiger partial charge in [0.1, 0.15) is 10.5 Å². The predicted molar refractivity (Wildman–Crippen MR) is 89.2 cm³/mol. The van der Waals surface area contributed by atoms with Crippen molar-refractivity contribution in [2.75, 3.05) is 5.73 Å². The van der Waals surface area contributed by atoms with Gasteiger partial charge in [-0.15, -0.1) is 22.7 Å². The number of hydrogen-bond acceptors (Lipinski definition) is 5. The molecule has 21 heavy (non-hydrogen) atoms. The number of thiophene rings is 2. The normalized spacial score (nSPS) is 14.2. The van der Waals surface area contributed by atoms with Crippen LogP contribution in [0.3, 0.4) is 0 Å². The lowest BCUT2D eigenvalue weighted by molar-refractivity contribution is 0.00764. The molecule has 0 radical (unpaired) electrons. The van der Waals surface area contributed by atoms with Gasteiger partial charge in [-0.25, -0.2) is 4.79 Å². The summed E-state index contributed by atoms with van der Waals surface area (Å²) >= 11 is 3.25. The molecule has 0 amide bonds. The van der Waals surface area contributed by atoms with Crippen molar-refractivity contribution in [3.8, 4) is 9.75 Å². The summed E-state index contributed by atoms with van der Waals surface area (Å²) < 4.78 is 5.41. The number of anilines is 1. The molecular formula is C16H19NO2S2. The molecule has 0 fully saturated rings. The quantitative estimate of drug-likeness (QED) is 0.828. The van der Waals surface area contributed by atoms with Crippen LogP contribution in [-0.4, -0.2) is 11.6 Å². The molecule has 0 spiro atoms. The molecule has 0 aromatic carbocycles.